The van der Waals surface area contributed by atoms with Crippen LogP contribution >= 0.6 is 0 Å². The number of anilines is 1. The molecule has 0 aliphatic rings. The maximum atomic E-state index is 12.9. The van der Waals surface area contributed by atoms with E-state index in [0.29, 0.717) is 28.5 Å². The van der Waals surface area contributed by atoms with E-state index in [0.717, 1.165) is 11.3 Å². The summed E-state index contributed by atoms with van der Waals surface area (Å²) in [4.78, 5) is 21.7. The third-order valence-electron chi connectivity index (χ3n) is 4.60. The van der Waals surface area contributed by atoms with Gasteiger partial charge in [0.1, 0.15) is 5.52 Å². The SMILES string of the molecule is Cc1nc2cc(NC(=O)c3nc(-c4ccccc4)n(-c4ccccc4)n3)ccc2o1. The van der Waals surface area contributed by atoms with Crippen molar-refractivity contribution in [3.8, 4) is 17.1 Å². The Balaban J connectivity index is 1.51. The maximum absolute atomic E-state index is 12.9. The molecule has 0 atom stereocenters. The second-order valence-electron chi connectivity index (χ2n) is 6.74. The monoisotopic (exact) mass is 395 g/mol. The van der Waals surface area contributed by atoms with Crippen LogP contribution in [0.25, 0.3) is 28.2 Å². The number of rotatable bonds is 4. The first-order chi connectivity index (χ1) is 14.7. The predicted molar refractivity (Wildman–Crippen MR) is 113 cm³/mol. The highest BCUT2D eigenvalue weighted by atomic mass is 16.3. The van der Waals surface area contributed by atoms with Crippen molar-refractivity contribution in [2.75, 3.05) is 5.32 Å². The zero-order valence-corrected chi connectivity index (χ0v) is 16.1. The Kier molecular flexibility index (Phi) is 4.33. The van der Waals surface area contributed by atoms with E-state index >= 15 is 0 Å². The number of hydrogen-bond acceptors (Lipinski definition) is 5. The normalized spacial score (nSPS) is 11.0. The number of oxazole rings is 1. The Morgan fingerprint density at radius 1 is 0.933 bits per heavy atom. The topological polar surface area (TPSA) is 85.8 Å². The van der Waals surface area contributed by atoms with Gasteiger partial charge in [0.2, 0.25) is 5.82 Å². The summed E-state index contributed by atoms with van der Waals surface area (Å²) >= 11 is 0. The van der Waals surface area contributed by atoms with Crippen LogP contribution in [0.3, 0.4) is 0 Å². The molecule has 2 aromatic heterocycles. The molecule has 7 heteroatoms. The van der Waals surface area contributed by atoms with Gasteiger partial charge in [0.25, 0.3) is 5.91 Å². The Morgan fingerprint density at radius 2 is 1.67 bits per heavy atom. The van der Waals surface area contributed by atoms with Crippen molar-refractivity contribution in [2.24, 2.45) is 0 Å². The van der Waals surface area contributed by atoms with E-state index < -0.39 is 5.91 Å². The molecule has 0 unspecified atom stereocenters. The number of aromatic nitrogens is 4. The molecule has 0 aliphatic heterocycles. The molecule has 0 spiro atoms. The van der Waals surface area contributed by atoms with Crippen molar-refractivity contribution >= 4 is 22.7 Å². The number of aryl methyl sites for hydroxylation is 1. The fraction of sp³-hybridized carbons (Fsp3) is 0.0435. The summed E-state index contributed by atoms with van der Waals surface area (Å²) in [5, 5.41) is 7.32. The van der Waals surface area contributed by atoms with Crippen molar-refractivity contribution in [1.29, 1.82) is 0 Å². The van der Waals surface area contributed by atoms with E-state index in [2.05, 4.69) is 20.4 Å². The van der Waals surface area contributed by atoms with E-state index in [-0.39, 0.29) is 5.82 Å². The number of fused-ring (bicyclic) bond motifs is 1. The summed E-state index contributed by atoms with van der Waals surface area (Å²) in [6.45, 7) is 1.78. The highest BCUT2D eigenvalue weighted by Crippen LogP contribution is 2.23. The first kappa shape index (κ1) is 17.8. The van der Waals surface area contributed by atoms with Gasteiger partial charge in [-0.3, -0.25) is 4.79 Å². The molecule has 7 nitrogen and oxygen atoms in total. The van der Waals surface area contributed by atoms with Gasteiger partial charge in [0.05, 0.1) is 5.69 Å². The van der Waals surface area contributed by atoms with E-state index in [1.54, 1.807) is 29.8 Å². The molecule has 5 aromatic rings. The van der Waals surface area contributed by atoms with Crippen LogP contribution in [-0.2, 0) is 0 Å². The number of nitrogens with one attached hydrogen (secondary N) is 1. The van der Waals surface area contributed by atoms with Crippen LogP contribution < -0.4 is 5.32 Å². The number of para-hydroxylation sites is 1. The Labute approximate surface area is 172 Å². The summed E-state index contributed by atoms with van der Waals surface area (Å²) in [5.41, 5.74) is 3.63. The molecule has 0 radical (unpaired) electrons. The third kappa shape index (κ3) is 3.33. The lowest BCUT2D eigenvalue weighted by atomic mass is 10.2. The molecular weight excluding hydrogens is 378 g/mol. The van der Waals surface area contributed by atoms with E-state index in [1.165, 1.54) is 0 Å². The van der Waals surface area contributed by atoms with Gasteiger partial charge >= 0.3 is 0 Å². The second kappa shape index (κ2) is 7.29. The number of nitrogens with zero attached hydrogens (tertiary/aromatic N) is 4. The van der Waals surface area contributed by atoms with Crippen molar-refractivity contribution < 1.29 is 9.21 Å². The lowest BCUT2D eigenvalue weighted by Gasteiger charge is -2.05. The van der Waals surface area contributed by atoms with Gasteiger partial charge in [-0.25, -0.2) is 14.6 Å². The number of hydrogen-bond donors (Lipinski definition) is 1. The predicted octanol–water partition coefficient (Wildman–Crippen LogP) is 4.64. The molecular formula is C23H17N5O2. The summed E-state index contributed by atoms with van der Waals surface area (Å²) in [6.07, 6.45) is 0. The van der Waals surface area contributed by atoms with Gasteiger partial charge in [0.15, 0.2) is 17.3 Å². The molecule has 5 rings (SSSR count). The van der Waals surface area contributed by atoms with Gasteiger partial charge < -0.3 is 9.73 Å². The van der Waals surface area contributed by atoms with Gasteiger partial charge in [0, 0.05) is 18.2 Å². The first-order valence-electron chi connectivity index (χ1n) is 9.44. The average molecular weight is 395 g/mol. The van der Waals surface area contributed by atoms with E-state index in [4.69, 9.17) is 4.42 Å². The van der Waals surface area contributed by atoms with Crippen LogP contribution in [0.1, 0.15) is 16.5 Å². The Bertz CT molecular complexity index is 1280. The molecule has 0 fully saturated rings. The van der Waals surface area contributed by atoms with E-state index in [1.807, 2.05) is 60.7 Å². The summed E-state index contributed by atoms with van der Waals surface area (Å²) < 4.78 is 7.15. The molecule has 0 bridgehead atoms. The van der Waals surface area contributed by atoms with Crippen molar-refractivity contribution in [1.82, 2.24) is 19.7 Å². The van der Waals surface area contributed by atoms with Crippen LogP contribution in [0.15, 0.2) is 83.3 Å². The van der Waals surface area contributed by atoms with Crippen LogP contribution in [0.4, 0.5) is 5.69 Å². The Hall–Kier alpha value is -4.26. The molecule has 2 heterocycles. The zero-order valence-electron chi connectivity index (χ0n) is 16.1. The molecule has 30 heavy (non-hydrogen) atoms. The van der Waals surface area contributed by atoms with Crippen LogP contribution in [0.2, 0.25) is 0 Å². The lowest BCUT2D eigenvalue weighted by molar-refractivity contribution is 0.101. The maximum Gasteiger partial charge on any atom is 0.295 e. The second-order valence-corrected chi connectivity index (χ2v) is 6.74. The minimum Gasteiger partial charge on any atom is -0.441 e. The van der Waals surface area contributed by atoms with Gasteiger partial charge in [-0.1, -0.05) is 48.5 Å². The van der Waals surface area contributed by atoms with Crippen molar-refractivity contribution in [3.63, 3.8) is 0 Å². The smallest absolute Gasteiger partial charge is 0.295 e. The average Bonchev–Trinajstić information content (AvgIpc) is 3.38. The molecule has 146 valence electrons. The van der Waals surface area contributed by atoms with Gasteiger partial charge in [-0.2, -0.15) is 0 Å². The quantitative estimate of drug-likeness (QED) is 0.479. The first-order valence-corrected chi connectivity index (χ1v) is 9.44. The summed E-state index contributed by atoms with van der Waals surface area (Å²) in [7, 11) is 0. The minimum atomic E-state index is -0.401. The molecule has 0 saturated carbocycles. The molecule has 1 N–H and O–H groups in total. The summed E-state index contributed by atoms with van der Waals surface area (Å²) in [5.74, 6) is 0.842. The van der Waals surface area contributed by atoms with Crippen molar-refractivity contribution in [3.05, 3.63) is 90.6 Å². The number of carbonyl (C=O) groups is 1. The summed E-state index contributed by atoms with van der Waals surface area (Å²) in [6, 6.07) is 24.6. The number of amides is 1. The lowest BCUT2D eigenvalue weighted by Crippen LogP contribution is -2.14. The molecule has 1 amide bonds. The van der Waals surface area contributed by atoms with Gasteiger partial charge in [-0.05, 0) is 30.3 Å². The van der Waals surface area contributed by atoms with Crippen LogP contribution in [0, 0.1) is 6.92 Å². The number of benzene rings is 3. The highest BCUT2D eigenvalue weighted by Gasteiger charge is 2.19. The van der Waals surface area contributed by atoms with Crippen molar-refractivity contribution in [2.45, 2.75) is 6.92 Å². The standard InChI is InChI=1S/C23H17N5O2/c1-15-24-19-14-17(12-13-20(19)30-15)25-23(29)21-26-22(16-8-4-2-5-9-16)28(27-21)18-10-6-3-7-11-18/h2-14H,1H3,(H,25,29). The highest BCUT2D eigenvalue weighted by molar-refractivity contribution is 6.02. The molecule has 0 aliphatic carbocycles. The fourth-order valence-electron chi connectivity index (χ4n) is 3.24. The van der Waals surface area contributed by atoms with Crippen LogP contribution in [0.5, 0.6) is 0 Å². The zero-order chi connectivity index (χ0) is 20.5. The fourth-order valence-corrected chi connectivity index (χ4v) is 3.24. The molecule has 3 aromatic carbocycles. The van der Waals surface area contributed by atoms with Crippen LogP contribution in [-0.4, -0.2) is 25.7 Å². The van der Waals surface area contributed by atoms with Gasteiger partial charge in [-0.15, -0.1) is 5.10 Å². The van der Waals surface area contributed by atoms with E-state index in [9.17, 15) is 4.79 Å². The molecule has 0 saturated heterocycles. The third-order valence-corrected chi connectivity index (χ3v) is 4.60. The Morgan fingerprint density at radius 3 is 2.43 bits per heavy atom. The largest absolute Gasteiger partial charge is 0.441 e. The number of carbonyl (C=O) groups excluding carboxylic acids is 1. The minimum absolute atomic E-state index is 0.0779.